The molecule has 0 radical (unpaired) electrons. The molecule has 0 aromatic heterocycles. The molecule has 0 unspecified atom stereocenters. The van der Waals surface area contributed by atoms with Crippen LogP contribution in [-0.2, 0) is 6.42 Å². The third-order valence-corrected chi connectivity index (χ3v) is 3.64. The average Bonchev–Trinajstić information content (AvgIpc) is 3.30. The highest BCUT2D eigenvalue weighted by molar-refractivity contribution is 14.0. The first-order valence-electron chi connectivity index (χ1n) is 7.40. The quantitative estimate of drug-likeness (QED) is 0.418. The number of guanidine groups is 1. The summed E-state index contributed by atoms with van der Waals surface area (Å²) in [5, 5.41) is 6.71. The molecule has 0 atom stereocenters. The molecule has 0 saturated heterocycles. The molecule has 1 fully saturated rings. The summed E-state index contributed by atoms with van der Waals surface area (Å²) in [6.07, 6.45) is 4.99. The van der Waals surface area contributed by atoms with Gasteiger partial charge in [0.25, 0.3) is 0 Å². The van der Waals surface area contributed by atoms with Crippen LogP contribution in [0, 0.1) is 5.92 Å². The highest BCUT2D eigenvalue weighted by Crippen LogP contribution is 2.31. The molecule has 4 nitrogen and oxygen atoms in total. The van der Waals surface area contributed by atoms with Crippen molar-refractivity contribution in [1.82, 2.24) is 10.6 Å². The standard InChI is InChI=1S/C16H25N3O.HI/c1-17-16(18-11-9-13-7-8-13)19-12-10-14-5-3-4-6-15(14)20-2;/h3-6,13H,7-12H2,1-2H3,(H2,17,18,19);1H. The van der Waals surface area contributed by atoms with Gasteiger partial charge in [-0.1, -0.05) is 31.0 Å². The number of aliphatic imine (C=N–C) groups is 1. The smallest absolute Gasteiger partial charge is 0.190 e. The van der Waals surface area contributed by atoms with Crippen molar-refractivity contribution in [3.8, 4) is 5.75 Å². The molecule has 0 heterocycles. The van der Waals surface area contributed by atoms with Gasteiger partial charge in [-0.3, -0.25) is 4.99 Å². The van der Waals surface area contributed by atoms with Gasteiger partial charge < -0.3 is 15.4 Å². The fourth-order valence-corrected chi connectivity index (χ4v) is 2.25. The van der Waals surface area contributed by atoms with Crippen molar-refractivity contribution in [3.63, 3.8) is 0 Å². The van der Waals surface area contributed by atoms with Crippen LogP contribution in [0.4, 0.5) is 0 Å². The molecular formula is C16H26IN3O. The van der Waals surface area contributed by atoms with E-state index in [1.165, 1.54) is 24.8 Å². The van der Waals surface area contributed by atoms with E-state index in [0.29, 0.717) is 0 Å². The second-order valence-electron chi connectivity index (χ2n) is 5.22. The second kappa shape index (κ2) is 9.87. The van der Waals surface area contributed by atoms with Gasteiger partial charge in [-0.05, 0) is 30.4 Å². The van der Waals surface area contributed by atoms with Gasteiger partial charge in [0.1, 0.15) is 5.75 Å². The number of rotatable bonds is 7. The van der Waals surface area contributed by atoms with Crippen LogP contribution < -0.4 is 15.4 Å². The lowest BCUT2D eigenvalue weighted by atomic mass is 10.1. The first-order chi connectivity index (χ1) is 9.83. The first-order valence-corrected chi connectivity index (χ1v) is 7.40. The number of halogens is 1. The van der Waals surface area contributed by atoms with Gasteiger partial charge >= 0.3 is 0 Å². The summed E-state index contributed by atoms with van der Waals surface area (Å²) in [4.78, 5) is 4.24. The number of hydrogen-bond acceptors (Lipinski definition) is 2. The van der Waals surface area contributed by atoms with E-state index in [9.17, 15) is 0 Å². The van der Waals surface area contributed by atoms with Gasteiger partial charge in [-0.15, -0.1) is 24.0 Å². The lowest BCUT2D eigenvalue weighted by Gasteiger charge is -2.12. The summed E-state index contributed by atoms with van der Waals surface area (Å²) in [6, 6.07) is 8.14. The summed E-state index contributed by atoms with van der Waals surface area (Å²) in [5.74, 6) is 2.79. The van der Waals surface area contributed by atoms with Crippen molar-refractivity contribution in [2.45, 2.75) is 25.7 Å². The van der Waals surface area contributed by atoms with E-state index in [0.717, 1.165) is 37.1 Å². The minimum atomic E-state index is 0. The molecule has 1 aromatic rings. The predicted octanol–water partition coefficient (Wildman–Crippen LogP) is 2.82. The fourth-order valence-electron chi connectivity index (χ4n) is 2.25. The monoisotopic (exact) mass is 403 g/mol. The summed E-state index contributed by atoms with van der Waals surface area (Å²) < 4.78 is 5.35. The third kappa shape index (κ3) is 6.54. The topological polar surface area (TPSA) is 45.7 Å². The highest BCUT2D eigenvalue weighted by atomic mass is 127. The second-order valence-corrected chi connectivity index (χ2v) is 5.22. The molecule has 21 heavy (non-hydrogen) atoms. The molecule has 2 N–H and O–H groups in total. The zero-order chi connectivity index (χ0) is 14.2. The van der Waals surface area contributed by atoms with E-state index >= 15 is 0 Å². The number of nitrogens with one attached hydrogen (secondary N) is 2. The number of hydrogen-bond donors (Lipinski definition) is 2. The zero-order valence-electron chi connectivity index (χ0n) is 12.9. The Balaban J connectivity index is 0.00000220. The molecule has 2 rings (SSSR count). The Morgan fingerprint density at radius 1 is 1.24 bits per heavy atom. The largest absolute Gasteiger partial charge is 0.496 e. The zero-order valence-corrected chi connectivity index (χ0v) is 15.2. The van der Waals surface area contributed by atoms with Crippen molar-refractivity contribution in [1.29, 1.82) is 0 Å². The molecule has 0 bridgehead atoms. The Labute approximate surface area is 144 Å². The van der Waals surface area contributed by atoms with Gasteiger partial charge in [0, 0.05) is 20.1 Å². The predicted molar refractivity (Wildman–Crippen MR) is 98.8 cm³/mol. The maximum atomic E-state index is 5.35. The van der Waals surface area contributed by atoms with Crippen LogP contribution in [0.25, 0.3) is 0 Å². The van der Waals surface area contributed by atoms with Crippen LogP contribution in [-0.4, -0.2) is 33.2 Å². The maximum Gasteiger partial charge on any atom is 0.190 e. The molecule has 1 aromatic carbocycles. The number of ether oxygens (including phenoxy) is 1. The number of para-hydroxylation sites is 1. The van der Waals surface area contributed by atoms with Crippen LogP contribution >= 0.6 is 24.0 Å². The molecule has 1 saturated carbocycles. The van der Waals surface area contributed by atoms with E-state index in [-0.39, 0.29) is 24.0 Å². The summed E-state index contributed by atoms with van der Waals surface area (Å²) in [5.41, 5.74) is 1.22. The van der Waals surface area contributed by atoms with Crippen molar-refractivity contribution < 1.29 is 4.74 Å². The summed E-state index contributed by atoms with van der Waals surface area (Å²) in [7, 11) is 3.53. The molecule has 0 aliphatic heterocycles. The molecule has 1 aliphatic carbocycles. The summed E-state index contributed by atoms with van der Waals surface area (Å²) in [6.45, 7) is 1.86. The third-order valence-electron chi connectivity index (χ3n) is 3.64. The SMILES string of the molecule is CN=C(NCCc1ccccc1OC)NCCC1CC1.I. The van der Waals surface area contributed by atoms with Crippen LogP contribution in [0.2, 0.25) is 0 Å². The van der Waals surface area contributed by atoms with Gasteiger partial charge in [0.15, 0.2) is 5.96 Å². The Hall–Kier alpha value is -0.980. The van der Waals surface area contributed by atoms with Crippen LogP contribution in [0.1, 0.15) is 24.8 Å². The highest BCUT2D eigenvalue weighted by Gasteiger charge is 2.20. The van der Waals surface area contributed by atoms with Crippen molar-refractivity contribution >= 4 is 29.9 Å². The summed E-state index contributed by atoms with van der Waals surface area (Å²) >= 11 is 0. The van der Waals surface area contributed by atoms with E-state index in [1.54, 1.807) is 7.11 Å². The molecule has 0 amide bonds. The molecular weight excluding hydrogens is 377 g/mol. The lowest BCUT2D eigenvalue weighted by molar-refractivity contribution is 0.409. The number of methoxy groups -OCH3 is 1. The van der Waals surface area contributed by atoms with E-state index in [1.807, 2.05) is 25.2 Å². The first kappa shape index (κ1) is 18.1. The Morgan fingerprint density at radius 2 is 1.95 bits per heavy atom. The van der Waals surface area contributed by atoms with E-state index < -0.39 is 0 Å². The van der Waals surface area contributed by atoms with E-state index in [2.05, 4.69) is 21.7 Å². The number of benzene rings is 1. The Bertz CT molecular complexity index is 447. The minimum absolute atomic E-state index is 0. The fraction of sp³-hybridized carbons (Fsp3) is 0.562. The molecule has 1 aliphatic rings. The van der Waals surface area contributed by atoms with Crippen molar-refractivity contribution in [3.05, 3.63) is 29.8 Å². The van der Waals surface area contributed by atoms with Gasteiger partial charge in [0.05, 0.1) is 7.11 Å². The van der Waals surface area contributed by atoms with Crippen LogP contribution in [0.5, 0.6) is 5.75 Å². The van der Waals surface area contributed by atoms with Crippen molar-refractivity contribution in [2.24, 2.45) is 10.9 Å². The van der Waals surface area contributed by atoms with E-state index in [4.69, 9.17) is 4.74 Å². The van der Waals surface area contributed by atoms with Gasteiger partial charge in [-0.2, -0.15) is 0 Å². The lowest BCUT2D eigenvalue weighted by Crippen LogP contribution is -2.38. The van der Waals surface area contributed by atoms with Gasteiger partial charge in [0.2, 0.25) is 0 Å². The van der Waals surface area contributed by atoms with Crippen LogP contribution in [0.15, 0.2) is 29.3 Å². The van der Waals surface area contributed by atoms with Crippen LogP contribution in [0.3, 0.4) is 0 Å². The Kier molecular flexibility index (Phi) is 8.49. The normalized spacial score (nSPS) is 14.3. The molecule has 5 heteroatoms. The average molecular weight is 403 g/mol. The van der Waals surface area contributed by atoms with Gasteiger partial charge in [-0.25, -0.2) is 0 Å². The minimum Gasteiger partial charge on any atom is -0.496 e. The van der Waals surface area contributed by atoms with Crippen molar-refractivity contribution in [2.75, 3.05) is 27.2 Å². The maximum absolute atomic E-state index is 5.35. The number of nitrogens with zero attached hydrogens (tertiary/aromatic N) is 1. The Morgan fingerprint density at radius 3 is 2.62 bits per heavy atom. The molecule has 0 spiro atoms. The molecule has 118 valence electrons.